The zero-order chi connectivity index (χ0) is 14.2. The zero-order valence-electron chi connectivity index (χ0n) is 11.8. The van der Waals surface area contributed by atoms with E-state index in [1.54, 1.807) is 0 Å². The minimum atomic E-state index is 0.0548. The minimum Gasteiger partial charge on any atom is -0.378 e. The highest BCUT2D eigenvalue weighted by molar-refractivity contribution is 5.94. The summed E-state index contributed by atoms with van der Waals surface area (Å²) in [4.78, 5) is 14.2. The Morgan fingerprint density at radius 2 is 2.00 bits per heavy atom. The van der Waals surface area contributed by atoms with E-state index in [4.69, 9.17) is 10.5 Å². The largest absolute Gasteiger partial charge is 0.378 e. The van der Waals surface area contributed by atoms with E-state index in [0.29, 0.717) is 13.0 Å². The van der Waals surface area contributed by atoms with E-state index >= 15 is 0 Å². The van der Waals surface area contributed by atoms with Gasteiger partial charge in [0.1, 0.15) is 0 Å². The van der Waals surface area contributed by atoms with Crippen molar-refractivity contribution in [3.05, 3.63) is 24.3 Å². The average Bonchev–Trinajstić information content (AvgIpc) is 2.49. The number of nitrogens with two attached hydrogens (primary N) is 1. The summed E-state index contributed by atoms with van der Waals surface area (Å²) in [6, 6.07) is 7.93. The average molecular weight is 277 g/mol. The molecular weight excluding hydrogens is 254 g/mol. The van der Waals surface area contributed by atoms with Crippen LogP contribution < -0.4 is 16.0 Å². The number of benzene rings is 1. The van der Waals surface area contributed by atoms with Crippen molar-refractivity contribution < 1.29 is 9.53 Å². The van der Waals surface area contributed by atoms with Crippen LogP contribution in [0.25, 0.3) is 0 Å². The SMILES string of the molecule is NCCCCC(=O)Nc1ccccc1N1CCOCC1. The molecule has 5 heteroatoms. The molecule has 110 valence electrons. The number of rotatable bonds is 6. The molecule has 0 aromatic heterocycles. The van der Waals surface area contributed by atoms with Gasteiger partial charge in [-0.3, -0.25) is 4.79 Å². The van der Waals surface area contributed by atoms with E-state index < -0.39 is 0 Å². The number of nitrogens with one attached hydrogen (secondary N) is 1. The first-order valence-corrected chi connectivity index (χ1v) is 7.23. The third-order valence-corrected chi connectivity index (χ3v) is 3.39. The molecule has 1 saturated heterocycles. The fraction of sp³-hybridized carbons (Fsp3) is 0.533. The lowest BCUT2D eigenvalue weighted by atomic mass is 10.2. The fourth-order valence-electron chi connectivity index (χ4n) is 2.30. The smallest absolute Gasteiger partial charge is 0.224 e. The van der Waals surface area contributed by atoms with Gasteiger partial charge in [-0.15, -0.1) is 0 Å². The van der Waals surface area contributed by atoms with Crippen molar-refractivity contribution in [3.8, 4) is 0 Å². The van der Waals surface area contributed by atoms with E-state index in [1.165, 1.54) is 0 Å². The molecule has 2 rings (SSSR count). The van der Waals surface area contributed by atoms with Gasteiger partial charge in [0.05, 0.1) is 24.6 Å². The Morgan fingerprint density at radius 1 is 1.25 bits per heavy atom. The summed E-state index contributed by atoms with van der Waals surface area (Å²) in [5.74, 6) is 0.0548. The molecule has 1 aromatic carbocycles. The van der Waals surface area contributed by atoms with Crippen LogP contribution in [0.4, 0.5) is 11.4 Å². The molecule has 1 amide bonds. The van der Waals surface area contributed by atoms with Crippen molar-refractivity contribution in [2.75, 3.05) is 43.1 Å². The summed E-state index contributed by atoms with van der Waals surface area (Å²) in [6.07, 6.45) is 2.25. The van der Waals surface area contributed by atoms with Crippen molar-refractivity contribution >= 4 is 17.3 Å². The summed E-state index contributed by atoms with van der Waals surface area (Å²) < 4.78 is 5.37. The number of unbranched alkanes of at least 4 members (excludes halogenated alkanes) is 1. The highest BCUT2D eigenvalue weighted by Gasteiger charge is 2.15. The predicted octanol–water partition coefficient (Wildman–Crippen LogP) is 1.59. The second-order valence-corrected chi connectivity index (χ2v) is 4.91. The van der Waals surface area contributed by atoms with E-state index in [0.717, 1.165) is 50.5 Å². The first-order chi connectivity index (χ1) is 9.81. The summed E-state index contributed by atoms with van der Waals surface area (Å²) in [6.45, 7) is 3.83. The molecule has 1 aliphatic rings. The lowest BCUT2D eigenvalue weighted by molar-refractivity contribution is -0.116. The molecule has 3 N–H and O–H groups in total. The molecule has 0 saturated carbocycles. The highest BCUT2D eigenvalue weighted by atomic mass is 16.5. The normalized spacial score (nSPS) is 15.2. The predicted molar refractivity (Wildman–Crippen MR) is 81.0 cm³/mol. The third-order valence-electron chi connectivity index (χ3n) is 3.39. The Morgan fingerprint density at radius 3 is 2.75 bits per heavy atom. The van der Waals surface area contributed by atoms with Gasteiger partial charge in [-0.05, 0) is 31.5 Å². The molecule has 1 fully saturated rings. The standard InChI is InChI=1S/C15H23N3O2/c16-8-4-3-7-15(19)17-13-5-1-2-6-14(13)18-9-11-20-12-10-18/h1-2,5-6H,3-4,7-12,16H2,(H,17,19). The minimum absolute atomic E-state index is 0.0548. The van der Waals surface area contributed by atoms with Crippen LogP contribution in [0.3, 0.4) is 0 Å². The molecule has 0 atom stereocenters. The maximum Gasteiger partial charge on any atom is 0.224 e. The van der Waals surface area contributed by atoms with Gasteiger partial charge in [-0.25, -0.2) is 0 Å². The number of amides is 1. The molecule has 0 aliphatic carbocycles. The molecule has 1 aliphatic heterocycles. The van der Waals surface area contributed by atoms with Crippen LogP contribution in [0.15, 0.2) is 24.3 Å². The highest BCUT2D eigenvalue weighted by Crippen LogP contribution is 2.26. The first-order valence-electron chi connectivity index (χ1n) is 7.23. The maximum atomic E-state index is 11.9. The topological polar surface area (TPSA) is 67.6 Å². The van der Waals surface area contributed by atoms with Crippen LogP contribution >= 0.6 is 0 Å². The summed E-state index contributed by atoms with van der Waals surface area (Å²) in [5.41, 5.74) is 7.39. The Kier molecular flexibility index (Phi) is 5.83. The zero-order valence-corrected chi connectivity index (χ0v) is 11.8. The number of hydrogen-bond acceptors (Lipinski definition) is 4. The second kappa shape index (κ2) is 7.87. The van der Waals surface area contributed by atoms with Crippen molar-refractivity contribution in [2.24, 2.45) is 5.73 Å². The number of carbonyl (C=O) groups excluding carboxylic acids is 1. The molecule has 1 aromatic rings. The van der Waals surface area contributed by atoms with Crippen LogP contribution in [0.1, 0.15) is 19.3 Å². The van der Waals surface area contributed by atoms with Gasteiger partial charge in [0, 0.05) is 19.5 Å². The van der Waals surface area contributed by atoms with Gasteiger partial charge < -0.3 is 20.7 Å². The summed E-state index contributed by atoms with van der Waals surface area (Å²) in [7, 11) is 0. The number of morpholine rings is 1. The number of anilines is 2. The summed E-state index contributed by atoms with van der Waals surface area (Å²) in [5, 5.41) is 3.00. The van der Waals surface area contributed by atoms with Crippen LogP contribution in [0.5, 0.6) is 0 Å². The van der Waals surface area contributed by atoms with Crippen molar-refractivity contribution in [1.82, 2.24) is 0 Å². The maximum absolute atomic E-state index is 11.9. The Hall–Kier alpha value is -1.59. The number of hydrogen-bond donors (Lipinski definition) is 2. The molecule has 0 radical (unpaired) electrons. The molecule has 0 spiro atoms. The lowest BCUT2D eigenvalue weighted by Crippen LogP contribution is -2.36. The van der Waals surface area contributed by atoms with Crippen LogP contribution in [-0.4, -0.2) is 38.8 Å². The monoisotopic (exact) mass is 277 g/mol. The number of ether oxygens (including phenoxy) is 1. The molecule has 20 heavy (non-hydrogen) atoms. The quantitative estimate of drug-likeness (QED) is 0.775. The van der Waals surface area contributed by atoms with E-state index in [2.05, 4.69) is 10.2 Å². The van der Waals surface area contributed by atoms with Crippen molar-refractivity contribution in [1.29, 1.82) is 0 Å². The third kappa shape index (κ3) is 4.21. The van der Waals surface area contributed by atoms with Crippen LogP contribution in [0, 0.1) is 0 Å². The van der Waals surface area contributed by atoms with Gasteiger partial charge in [-0.2, -0.15) is 0 Å². The molecule has 1 heterocycles. The van der Waals surface area contributed by atoms with E-state index in [1.807, 2.05) is 24.3 Å². The molecule has 0 unspecified atom stereocenters. The second-order valence-electron chi connectivity index (χ2n) is 4.91. The van der Waals surface area contributed by atoms with Gasteiger partial charge >= 0.3 is 0 Å². The van der Waals surface area contributed by atoms with Crippen molar-refractivity contribution in [3.63, 3.8) is 0 Å². The first kappa shape index (κ1) is 14.8. The van der Waals surface area contributed by atoms with Gasteiger partial charge in [-0.1, -0.05) is 12.1 Å². The molecular formula is C15H23N3O2. The van der Waals surface area contributed by atoms with Gasteiger partial charge in [0.25, 0.3) is 0 Å². The van der Waals surface area contributed by atoms with Crippen molar-refractivity contribution in [2.45, 2.75) is 19.3 Å². The van der Waals surface area contributed by atoms with E-state index in [9.17, 15) is 4.79 Å². The number of nitrogens with zero attached hydrogens (tertiary/aromatic N) is 1. The Labute approximate surface area is 120 Å². The van der Waals surface area contributed by atoms with Crippen LogP contribution in [-0.2, 0) is 9.53 Å². The summed E-state index contributed by atoms with van der Waals surface area (Å²) >= 11 is 0. The Balaban J connectivity index is 1.98. The van der Waals surface area contributed by atoms with Crippen LogP contribution in [0.2, 0.25) is 0 Å². The number of para-hydroxylation sites is 2. The fourth-order valence-corrected chi connectivity index (χ4v) is 2.30. The lowest BCUT2D eigenvalue weighted by Gasteiger charge is -2.30. The number of carbonyl (C=O) groups is 1. The van der Waals surface area contributed by atoms with E-state index in [-0.39, 0.29) is 5.91 Å². The Bertz CT molecular complexity index is 431. The molecule has 5 nitrogen and oxygen atoms in total. The molecule has 0 bridgehead atoms. The van der Waals surface area contributed by atoms with Gasteiger partial charge in [0.2, 0.25) is 5.91 Å². The van der Waals surface area contributed by atoms with Gasteiger partial charge in [0.15, 0.2) is 0 Å².